The summed E-state index contributed by atoms with van der Waals surface area (Å²) in [6, 6.07) is 21.2. The van der Waals surface area contributed by atoms with Crippen LogP contribution < -0.4 is 14.8 Å². The summed E-state index contributed by atoms with van der Waals surface area (Å²) in [5, 5.41) is 3.13. The van der Waals surface area contributed by atoms with Crippen molar-refractivity contribution in [3.05, 3.63) is 83.9 Å². The maximum Gasteiger partial charge on any atom is 0.262 e. The predicted molar refractivity (Wildman–Crippen MR) is 109 cm³/mol. The Kier molecular flexibility index (Phi) is 6.18. The Morgan fingerprint density at radius 2 is 1.61 bits per heavy atom. The Labute approximate surface area is 168 Å². The van der Waals surface area contributed by atoms with E-state index in [2.05, 4.69) is 10.0 Å². The van der Waals surface area contributed by atoms with Crippen molar-refractivity contribution in [3.8, 4) is 5.75 Å². The SMILES string of the molecule is O=C(COc1ccccc1)Nc1cccc(S(=O)(=O)Nc2ccc(Cl)cc2)c1. The highest BCUT2D eigenvalue weighted by molar-refractivity contribution is 7.92. The molecule has 0 radical (unpaired) electrons. The Bertz CT molecular complexity index is 1060. The van der Waals surface area contributed by atoms with Gasteiger partial charge in [0.1, 0.15) is 5.75 Å². The molecule has 0 bridgehead atoms. The summed E-state index contributed by atoms with van der Waals surface area (Å²) in [6.45, 7) is -0.190. The van der Waals surface area contributed by atoms with Gasteiger partial charge in [0.25, 0.3) is 15.9 Å². The number of hydrogen-bond acceptors (Lipinski definition) is 4. The lowest BCUT2D eigenvalue weighted by atomic mass is 10.3. The fraction of sp³-hybridized carbons (Fsp3) is 0.0500. The van der Waals surface area contributed by atoms with Crippen molar-refractivity contribution in [1.82, 2.24) is 0 Å². The van der Waals surface area contributed by atoms with Gasteiger partial charge in [0, 0.05) is 16.4 Å². The monoisotopic (exact) mass is 416 g/mol. The highest BCUT2D eigenvalue weighted by atomic mass is 35.5. The van der Waals surface area contributed by atoms with E-state index in [1.807, 2.05) is 6.07 Å². The van der Waals surface area contributed by atoms with Crippen LogP contribution in [0.3, 0.4) is 0 Å². The van der Waals surface area contributed by atoms with Crippen LogP contribution in [0.2, 0.25) is 5.02 Å². The number of halogens is 1. The molecular weight excluding hydrogens is 400 g/mol. The molecule has 0 heterocycles. The molecule has 0 unspecified atom stereocenters. The summed E-state index contributed by atoms with van der Waals surface area (Å²) in [5.41, 5.74) is 0.732. The molecule has 2 N–H and O–H groups in total. The summed E-state index contributed by atoms with van der Waals surface area (Å²) in [5.74, 6) is 0.171. The van der Waals surface area contributed by atoms with Crippen molar-refractivity contribution in [2.75, 3.05) is 16.6 Å². The number of carbonyl (C=O) groups excluding carboxylic acids is 1. The van der Waals surface area contributed by atoms with E-state index < -0.39 is 15.9 Å². The smallest absolute Gasteiger partial charge is 0.262 e. The first-order valence-electron chi connectivity index (χ1n) is 8.28. The predicted octanol–water partition coefficient (Wildman–Crippen LogP) is 4.16. The van der Waals surface area contributed by atoms with Gasteiger partial charge in [-0.25, -0.2) is 8.42 Å². The lowest BCUT2D eigenvalue weighted by Gasteiger charge is -2.11. The Morgan fingerprint density at radius 1 is 0.893 bits per heavy atom. The van der Waals surface area contributed by atoms with Gasteiger partial charge < -0.3 is 10.1 Å². The summed E-state index contributed by atoms with van der Waals surface area (Å²) in [6.07, 6.45) is 0. The van der Waals surface area contributed by atoms with E-state index >= 15 is 0 Å². The molecule has 3 rings (SSSR count). The number of sulfonamides is 1. The van der Waals surface area contributed by atoms with Crippen molar-refractivity contribution in [1.29, 1.82) is 0 Å². The molecule has 0 aliphatic rings. The average molecular weight is 417 g/mol. The van der Waals surface area contributed by atoms with E-state index in [-0.39, 0.29) is 11.5 Å². The van der Waals surface area contributed by atoms with Gasteiger partial charge in [-0.2, -0.15) is 0 Å². The quantitative estimate of drug-likeness (QED) is 0.605. The first kappa shape index (κ1) is 19.7. The lowest BCUT2D eigenvalue weighted by molar-refractivity contribution is -0.118. The van der Waals surface area contributed by atoms with Crippen molar-refractivity contribution in [3.63, 3.8) is 0 Å². The molecule has 0 spiro atoms. The molecular formula is C20H17ClN2O4S. The van der Waals surface area contributed by atoms with E-state index in [0.717, 1.165) is 0 Å². The van der Waals surface area contributed by atoms with Gasteiger partial charge in [-0.15, -0.1) is 0 Å². The van der Waals surface area contributed by atoms with Crippen LogP contribution in [-0.2, 0) is 14.8 Å². The van der Waals surface area contributed by atoms with Crippen LogP contribution in [0, 0.1) is 0 Å². The number of amides is 1. The molecule has 0 aromatic heterocycles. The number of nitrogens with one attached hydrogen (secondary N) is 2. The van der Waals surface area contributed by atoms with E-state index in [0.29, 0.717) is 22.1 Å². The van der Waals surface area contributed by atoms with Crippen LogP contribution in [0.5, 0.6) is 5.75 Å². The first-order chi connectivity index (χ1) is 13.4. The number of carbonyl (C=O) groups is 1. The maximum atomic E-state index is 12.6. The van der Waals surface area contributed by atoms with E-state index in [1.54, 1.807) is 60.7 Å². The lowest BCUT2D eigenvalue weighted by Crippen LogP contribution is -2.20. The van der Waals surface area contributed by atoms with Crippen molar-refractivity contribution in [2.24, 2.45) is 0 Å². The zero-order chi connectivity index (χ0) is 20.0. The molecule has 3 aromatic carbocycles. The van der Waals surface area contributed by atoms with Crippen LogP contribution in [-0.4, -0.2) is 20.9 Å². The molecule has 0 saturated heterocycles. The van der Waals surface area contributed by atoms with E-state index in [4.69, 9.17) is 16.3 Å². The molecule has 3 aromatic rings. The number of para-hydroxylation sites is 1. The third-order valence-corrected chi connectivity index (χ3v) is 5.27. The number of rotatable bonds is 7. The number of hydrogen-bond donors (Lipinski definition) is 2. The molecule has 0 saturated carbocycles. The normalized spacial score (nSPS) is 10.9. The van der Waals surface area contributed by atoms with Crippen LogP contribution in [0.4, 0.5) is 11.4 Å². The van der Waals surface area contributed by atoms with Crippen LogP contribution in [0.1, 0.15) is 0 Å². The molecule has 28 heavy (non-hydrogen) atoms. The van der Waals surface area contributed by atoms with Gasteiger partial charge in [0.05, 0.1) is 4.90 Å². The van der Waals surface area contributed by atoms with E-state index in [1.165, 1.54) is 12.1 Å². The number of anilines is 2. The van der Waals surface area contributed by atoms with Gasteiger partial charge in [-0.1, -0.05) is 35.9 Å². The highest BCUT2D eigenvalue weighted by Crippen LogP contribution is 2.20. The van der Waals surface area contributed by atoms with Gasteiger partial charge >= 0.3 is 0 Å². The molecule has 0 aliphatic carbocycles. The minimum atomic E-state index is -3.82. The zero-order valence-electron chi connectivity index (χ0n) is 14.6. The first-order valence-corrected chi connectivity index (χ1v) is 10.1. The second kappa shape index (κ2) is 8.77. The summed E-state index contributed by atoms with van der Waals surface area (Å²) >= 11 is 5.81. The number of ether oxygens (including phenoxy) is 1. The van der Waals surface area contributed by atoms with Crippen LogP contribution in [0.15, 0.2) is 83.8 Å². The maximum absolute atomic E-state index is 12.6. The second-order valence-electron chi connectivity index (χ2n) is 5.79. The minimum Gasteiger partial charge on any atom is -0.484 e. The Morgan fingerprint density at radius 3 is 2.32 bits per heavy atom. The summed E-state index contributed by atoms with van der Waals surface area (Å²) in [4.78, 5) is 12.1. The Hall–Kier alpha value is -3.03. The topological polar surface area (TPSA) is 84.5 Å². The molecule has 0 atom stereocenters. The zero-order valence-corrected chi connectivity index (χ0v) is 16.2. The second-order valence-corrected chi connectivity index (χ2v) is 7.91. The fourth-order valence-electron chi connectivity index (χ4n) is 2.34. The van der Waals surface area contributed by atoms with Crippen molar-refractivity contribution in [2.45, 2.75) is 4.90 Å². The van der Waals surface area contributed by atoms with Gasteiger partial charge in [0.15, 0.2) is 6.61 Å². The molecule has 144 valence electrons. The van der Waals surface area contributed by atoms with Gasteiger partial charge in [-0.05, 0) is 54.6 Å². The third kappa shape index (κ3) is 5.48. The molecule has 0 fully saturated rings. The molecule has 8 heteroatoms. The third-order valence-electron chi connectivity index (χ3n) is 3.64. The molecule has 1 amide bonds. The fourth-order valence-corrected chi connectivity index (χ4v) is 3.57. The number of benzene rings is 3. The van der Waals surface area contributed by atoms with Crippen molar-refractivity contribution >= 4 is 38.9 Å². The summed E-state index contributed by atoms with van der Waals surface area (Å²) < 4.78 is 32.9. The van der Waals surface area contributed by atoms with E-state index in [9.17, 15) is 13.2 Å². The molecule has 6 nitrogen and oxygen atoms in total. The highest BCUT2D eigenvalue weighted by Gasteiger charge is 2.15. The largest absolute Gasteiger partial charge is 0.484 e. The Balaban J connectivity index is 1.65. The minimum absolute atomic E-state index is 0.0178. The van der Waals surface area contributed by atoms with Gasteiger partial charge in [0.2, 0.25) is 0 Å². The van der Waals surface area contributed by atoms with Crippen LogP contribution in [0.25, 0.3) is 0 Å². The average Bonchev–Trinajstić information content (AvgIpc) is 2.69. The molecule has 0 aliphatic heterocycles. The van der Waals surface area contributed by atoms with Crippen molar-refractivity contribution < 1.29 is 17.9 Å². The standard InChI is InChI=1S/C20H17ClN2O4S/c21-15-9-11-16(12-10-15)23-28(25,26)19-8-4-5-17(13-19)22-20(24)14-27-18-6-2-1-3-7-18/h1-13,23H,14H2,(H,22,24). The van der Waals surface area contributed by atoms with Crippen LogP contribution >= 0.6 is 11.6 Å². The van der Waals surface area contributed by atoms with Gasteiger partial charge in [-0.3, -0.25) is 9.52 Å². The summed E-state index contributed by atoms with van der Waals surface area (Å²) in [7, 11) is -3.82.